The first kappa shape index (κ1) is 22.5. The molecule has 0 spiro atoms. The van der Waals surface area contributed by atoms with Gasteiger partial charge in [-0.25, -0.2) is 9.37 Å². The molecule has 1 aliphatic rings. The summed E-state index contributed by atoms with van der Waals surface area (Å²) in [6.07, 6.45) is 3.27. The maximum absolute atomic E-state index is 13.3. The van der Waals surface area contributed by atoms with Gasteiger partial charge in [-0.15, -0.1) is 0 Å². The number of pyridine rings is 2. The minimum atomic E-state index is -0.409. The maximum Gasteiger partial charge on any atom is 0.273 e. The first-order chi connectivity index (χ1) is 15.9. The van der Waals surface area contributed by atoms with E-state index in [2.05, 4.69) is 14.9 Å². The Balaban J connectivity index is 1.55. The van der Waals surface area contributed by atoms with Gasteiger partial charge in [-0.2, -0.15) is 0 Å². The Bertz CT molecular complexity index is 1160. The number of benzene rings is 1. The number of amides is 1. The molecule has 1 saturated heterocycles. The highest BCUT2D eigenvalue weighted by Gasteiger charge is 2.32. The molecule has 3 aromatic rings. The lowest BCUT2D eigenvalue weighted by molar-refractivity contribution is 0.0559. The average Bonchev–Trinajstić information content (AvgIpc) is 2.83. The van der Waals surface area contributed by atoms with Crippen LogP contribution in [-0.2, 0) is 0 Å². The number of hydrogen-bond acceptors (Lipinski definition) is 7. The third-order valence-corrected chi connectivity index (χ3v) is 5.86. The standard InChI is InChI=1S/C24H26FN5O3/c1-15-9-23(26)28-12-21(15)29-7-8-30(18(13-29)14-31)24(32)20-10-22(33-2)19(11-27-20)16-3-5-17(25)6-4-16/h3-6,9-12,18,31H,7-8,13-14H2,1-2H3,(H2,26,28). The number of methoxy groups -OCH3 is 1. The van der Waals surface area contributed by atoms with Crippen LogP contribution < -0.4 is 15.4 Å². The largest absolute Gasteiger partial charge is 0.496 e. The Hall–Kier alpha value is -3.72. The van der Waals surface area contributed by atoms with Crippen LogP contribution >= 0.6 is 0 Å². The van der Waals surface area contributed by atoms with Gasteiger partial charge in [-0.05, 0) is 36.2 Å². The van der Waals surface area contributed by atoms with Crippen molar-refractivity contribution in [2.45, 2.75) is 13.0 Å². The maximum atomic E-state index is 13.3. The van der Waals surface area contributed by atoms with Gasteiger partial charge in [0.15, 0.2) is 0 Å². The minimum Gasteiger partial charge on any atom is -0.496 e. The molecule has 1 unspecified atom stereocenters. The molecule has 3 N–H and O–H groups in total. The molecular formula is C24H26FN5O3. The highest BCUT2D eigenvalue weighted by atomic mass is 19.1. The van der Waals surface area contributed by atoms with E-state index in [4.69, 9.17) is 10.5 Å². The molecule has 2 aromatic heterocycles. The summed E-state index contributed by atoms with van der Waals surface area (Å²) >= 11 is 0. The van der Waals surface area contributed by atoms with Crippen molar-refractivity contribution in [2.24, 2.45) is 0 Å². The van der Waals surface area contributed by atoms with Crippen molar-refractivity contribution in [3.05, 3.63) is 65.9 Å². The summed E-state index contributed by atoms with van der Waals surface area (Å²) < 4.78 is 18.8. The van der Waals surface area contributed by atoms with E-state index in [1.54, 1.807) is 41.6 Å². The normalized spacial score (nSPS) is 16.1. The molecule has 1 aliphatic heterocycles. The molecule has 0 aliphatic carbocycles. The van der Waals surface area contributed by atoms with E-state index in [0.29, 0.717) is 36.8 Å². The van der Waals surface area contributed by atoms with E-state index in [1.165, 1.54) is 19.2 Å². The molecule has 0 radical (unpaired) electrons. The van der Waals surface area contributed by atoms with Gasteiger partial charge >= 0.3 is 0 Å². The summed E-state index contributed by atoms with van der Waals surface area (Å²) in [5, 5.41) is 10.0. The summed E-state index contributed by atoms with van der Waals surface area (Å²) in [6, 6.07) is 8.95. The van der Waals surface area contributed by atoms with E-state index in [1.807, 2.05) is 6.92 Å². The number of aryl methyl sites for hydroxylation is 1. The number of nitrogens with zero attached hydrogens (tertiary/aromatic N) is 4. The van der Waals surface area contributed by atoms with Crippen molar-refractivity contribution in [2.75, 3.05) is 44.0 Å². The van der Waals surface area contributed by atoms with Crippen molar-refractivity contribution in [3.63, 3.8) is 0 Å². The number of aliphatic hydroxyl groups excluding tert-OH is 1. The smallest absolute Gasteiger partial charge is 0.273 e. The van der Waals surface area contributed by atoms with Crippen LogP contribution in [0.25, 0.3) is 11.1 Å². The lowest BCUT2D eigenvalue weighted by Crippen LogP contribution is -2.57. The van der Waals surface area contributed by atoms with Crippen LogP contribution in [0.5, 0.6) is 5.75 Å². The summed E-state index contributed by atoms with van der Waals surface area (Å²) in [5.41, 5.74) is 9.28. The second kappa shape index (κ2) is 9.41. The molecule has 9 heteroatoms. The fourth-order valence-electron chi connectivity index (χ4n) is 4.12. The zero-order chi connectivity index (χ0) is 23.5. The summed E-state index contributed by atoms with van der Waals surface area (Å²) in [4.78, 5) is 25.5. The van der Waals surface area contributed by atoms with Gasteiger partial charge in [0.1, 0.15) is 23.1 Å². The summed E-state index contributed by atoms with van der Waals surface area (Å²) in [5.74, 6) is 0.289. The molecule has 1 aromatic carbocycles. The van der Waals surface area contributed by atoms with Crippen molar-refractivity contribution in [3.8, 4) is 16.9 Å². The van der Waals surface area contributed by atoms with Crippen LogP contribution in [0.2, 0.25) is 0 Å². The number of aromatic nitrogens is 2. The number of aliphatic hydroxyl groups is 1. The number of ether oxygens (including phenoxy) is 1. The lowest BCUT2D eigenvalue weighted by Gasteiger charge is -2.42. The molecule has 4 rings (SSSR count). The number of carbonyl (C=O) groups excluding carboxylic acids is 1. The number of halogens is 1. The Kier molecular flexibility index (Phi) is 6.41. The second-order valence-electron chi connectivity index (χ2n) is 7.95. The van der Waals surface area contributed by atoms with Crippen LogP contribution in [0.4, 0.5) is 15.9 Å². The Morgan fingerprint density at radius 1 is 1.21 bits per heavy atom. The van der Waals surface area contributed by atoms with Crippen molar-refractivity contribution in [1.29, 1.82) is 0 Å². The highest BCUT2D eigenvalue weighted by Crippen LogP contribution is 2.31. The van der Waals surface area contributed by atoms with Crippen LogP contribution in [0.1, 0.15) is 16.1 Å². The van der Waals surface area contributed by atoms with E-state index in [0.717, 1.165) is 16.8 Å². The molecule has 0 saturated carbocycles. The summed E-state index contributed by atoms with van der Waals surface area (Å²) in [7, 11) is 1.51. The van der Waals surface area contributed by atoms with Gasteiger partial charge in [0.25, 0.3) is 5.91 Å². The monoisotopic (exact) mass is 451 g/mol. The lowest BCUT2D eigenvalue weighted by atomic mass is 10.1. The zero-order valence-electron chi connectivity index (χ0n) is 18.5. The van der Waals surface area contributed by atoms with Crippen molar-refractivity contribution in [1.82, 2.24) is 14.9 Å². The number of nitrogen functional groups attached to an aromatic ring is 1. The van der Waals surface area contributed by atoms with Gasteiger partial charge in [-0.3, -0.25) is 9.78 Å². The quantitative estimate of drug-likeness (QED) is 0.614. The highest BCUT2D eigenvalue weighted by molar-refractivity contribution is 5.94. The number of piperazine rings is 1. The SMILES string of the molecule is COc1cc(C(=O)N2CCN(c3cnc(N)cc3C)CC2CO)ncc1-c1ccc(F)cc1. The van der Waals surface area contributed by atoms with Gasteiger partial charge in [0.2, 0.25) is 0 Å². The predicted molar refractivity (Wildman–Crippen MR) is 124 cm³/mol. The molecule has 1 atom stereocenters. The molecule has 3 heterocycles. The minimum absolute atomic E-state index is 0.186. The number of nitrogens with two attached hydrogens (primary N) is 1. The van der Waals surface area contributed by atoms with Gasteiger partial charge in [0.05, 0.1) is 31.6 Å². The molecule has 0 bridgehead atoms. The van der Waals surface area contributed by atoms with Crippen molar-refractivity contribution < 1.29 is 19.0 Å². The van der Waals surface area contributed by atoms with E-state index in [9.17, 15) is 14.3 Å². The topological polar surface area (TPSA) is 105 Å². The first-order valence-corrected chi connectivity index (χ1v) is 10.6. The molecule has 1 amide bonds. The molecule has 1 fully saturated rings. The third kappa shape index (κ3) is 4.58. The first-order valence-electron chi connectivity index (χ1n) is 10.6. The van der Waals surface area contributed by atoms with Crippen LogP contribution in [-0.4, -0.2) is 65.3 Å². The van der Waals surface area contributed by atoms with E-state index in [-0.39, 0.29) is 24.0 Å². The van der Waals surface area contributed by atoms with E-state index >= 15 is 0 Å². The van der Waals surface area contributed by atoms with Gasteiger partial charge < -0.3 is 25.4 Å². The number of rotatable bonds is 5. The fraction of sp³-hybridized carbons (Fsp3) is 0.292. The average molecular weight is 452 g/mol. The van der Waals surface area contributed by atoms with Gasteiger partial charge in [-0.1, -0.05) is 12.1 Å². The zero-order valence-corrected chi connectivity index (χ0v) is 18.5. The predicted octanol–water partition coefficient (Wildman–Crippen LogP) is 2.51. The van der Waals surface area contributed by atoms with Crippen molar-refractivity contribution >= 4 is 17.4 Å². The molecule has 8 nitrogen and oxygen atoms in total. The Morgan fingerprint density at radius 3 is 2.64 bits per heavy atom. The number of hydrogen-bond donors (Lipinski definition) is 2. The summed E-state index contributed by atoms with van der Waals surface area (Å²) in [6.45, 7) is 3.22. The molecular weight excluding hydrogens is 425 g/mol. The third-order valence-electron chi connectivity index (χ3n) is 5.86. The number of carbonyl (C=O) groups is 1. The molecule has 172 valence electrons. The Morgan fingerprint density at radius 2 is 1.97 bits per heavy atom. The van der Waals surface area contributed by atoms with Crippen LogP contribution in [0.15, 0.2) is 48.8 Å². The second-order valence-corrected chi connectivity index (χ2v) is 7.95. The van der Waals surface area contributed by atoms with Crippen LogP contribution in [0.3, 0.4) is 0 Å². The molecule has 33 heavy (non-hydrogen) atoms. The van der Waals surface area contributed by atoms with Gasteiger partial charge in [0, 0.05) is 37.5 Å². The van der Waals surface area contributed by atoms with E-state index < -0.39 is 6.04 Å². The number of anilines is 2. The fourth-order valence-corrected chi connectivity index (χ4v) is 4.12. The van der Waals surface area contributed by atoms with Crippen LogP contribution in [0, 0.1) is 12.7 Å². The Labute approximate surface area is 191 Å².